The van der Waals surface area contributed by atoms with Crippen LogP contribution in [0.3, 0.4) is 0 Å². The molecular formula is C24H33N3O3S. The highest BCUT2D eigenvalue weighted by Gasteiger charge is 2.33. The van der Waals surface area contributed by atoms with E-state index in [2.05, 4.69) is 30.6 Å². The lowest BCUT2D eigenvalue weighted by molar-refractivity contribution is -0.135. The summed E-state index contributed by atoms with van der Waals surface area (Å²) in [5.41, 5.74) is 1.16. The van der Waals surface area contributed by atoms with Gasteiger partial charge in [-0.05, 0) is 55.3 Å². The summed E-state index contributed by atoms with van der Waals surface area (Å²) in [6.07, 6.45) is 0.836. The summed E-state index contributed by atoms with van der Waals surface area (Å²) in [7, 11) is 0. The maximum Gasteiger partial charge on any atom is 0.318 e. The number of para-hydroxylation sites is 1. The summed E-state index contributed by atoms with van der Waals surface area (Å²) in [5.74, 6) is 1.01. The van der Waals surface area contributed by atoms with Gasteiger partial charge in [-0.1, -0.05) is 32.0 Å². The fourth-order valence-electron chi connectivity index (χ4n) is 3.82. The minimum atomic E-state index is -0.192. The summed E-state index contributed by atoms with van der Waals surface area (Å²) in [6.45, 7) is 9.58. The van der Waals surface area contributed by atoms with Crippen molar-refractivity contribution in [1.29, 1.82) is 0 Å². The SMILES string of the molecule is CC(C)CN(CC(=O)N1CCc2sccc2[C@@H]1COc1ccccc1)C(=O)NC(C)C. The van der Waals surface area contributed by atoms with Crippen molar-refractivity contribution in [3.63, 3.8) is 0 Å². The molecule has 1 aliphatic rings. The molecule has 3 rings (SSSR count). The lowest BCUT2D eigenvalue weighted by Gasteiger charge is -2.37. The van der Waals surface area contributed by atoms with Crippen molar-refractivity contribution in [2.45, 2.75) is 46.2 Å². The third-order valence-electron chi connectivity index (χ3n) is 5.18. The number of rotatable bonds is 8. The Hall–Kier alpha value is -2.54. The van der Waals surface area contributed by atoms with Gasteiger partial charge in [0, 0.05) is 24.0 Å². The molecule has 6 nitrogen and oxygen atoms in total. The maximum atomic E-state index is 13.4. The number of nitrogens with zero attached hydrogens (tertiary/aromatic N) is 2. The second kappa shape index (κ2) is 10.7. The lowest BCUT2D eigenvalue weighted by Crippen LogP contribution is -2.51. The molecule has 31 heavy (non-hydrogen) atoms. The number of nitrogens with one attached hydrogen (secondary N) is 1. The van der Waals surface area contributed by atoms with Gasteiger partial charge in [0.25, 0.3) is 0 Å². The largest absolute Gasteiger partial charge is 0.491 e. The van der Waals surface area contributed by atoms with Gasteiger partial charge in [-0.15, -0.1) is 11.3 Å². The molecule has 0 unspecified atom stereocenters. The van der Waals surface area contributed by atoms with Crippen LogP contribution in [-0.4, -0.2) is 54.0 Å². The number of hydrogen-bond donors (Lipinski definition) is 1. The van der Waals surface area contributed by atoms with Crippen LogP contribution in [-0.2, 0) is 11.2 Å². The Balaban J connectivity index is 1.75. The quantitative estimate of drug-likeness (QED) is 0.661. The summed E-state index contributed by atoms with van der Waals surface area (Å²) >= 11 is 1.73. The molecule has 0 radical (unpaired) electrons. The Morgan fingerprint density at radius 1 is 1.19 bits per heavy atom. The first-order chi connectivity index (χ1) is 14.8. The fraction of sp³-hybridized carbons (Fsp3) is 0.500. The third kappa shape index (κ3) is 6.23. The average Bonchev–Trinajstić information content (AvgIpc) is 3.20. The van der Waals surface area contributed by atoms with Gasteiger partial charge in [0.1, 0.15) is 18.9 Å². The van der Waals surface area contributed by atoms with E-state index >= 15 is 0 Å². The predicted molar refractivity (Wildman–Crippen MR) is 124 cm³/mol. The van der Waals surface area contributed by atoms with E-state index in [1.54, 1.807) is 16.2 Å². The van der Waals surface area contributed by atoms with E-state index in [9.17, 15) is 9.59 Å². The molecule has 3 amide bonds. The number of fused-ring (bicyclic) bond motifs is 1. The molecule has 0 fully saturated rings. The Morgan fingerprint density at radius 3 is 2.61 bits per heavy atom. The first-order valence-electron chi connectivity index (χ1n) is 10.9. The first kappa shape index (κ1) is 23.1. The van der Waals surface area contributed by atoms with Crippen molar-refractivity contribution in [2.24, 2.45) is 5.92 Å². The van der Waals surface area contributed by atoms with E-state index < -0.39 is 0 Å². The van der Waals surface area contributed by atoms with Crippen LogP contribution in [0, 0.1) is 5.92 Å². The van der Waals surface area contributed by atoms with E-state index in [1.165, 1.54) is 4.88 Å². The van der Waals surface area contributed by atoms with Gasteiger partial charge in [-0.3, -0.25) is 4.79 Å². The average molecular weight is 444 g/mol. The normalized spacial score (nSPS) is 15.7. The van der Waals surface area contributed by atoms with E-state index in [0.717, 1.165) is 17.7 Å². The number of thiophene rings is 1. The van der Waals surface area contributed by atoms with Crippen molar-refractivity contribution in [2.75, 3.05) is 26.2 Å². The summed E-state index contributed by atoms with van der Waals surface area (Å²) in [4.78, 5) is 30.9. The van der Waals surface area contributed by atoms with Gasteiger partial charge < -0.3 is 19.9 Å². The maximum absolute atomic E-state index is 13.4. The number of carbonyl (C=O) groups excluding carboxylic acids is 2. The molecule has 1 aromatic carbocycles. The Kier molecular flexibility index (Phi) is 7.96. The van der Waals surface area contributed by atoms with E-state index in [4.69, 9.17) is 4.74 Å². The number of amides is 3. The highest BCUT2D eigenvalue weighted by atomic mass is 32.1. The topological polar surface area (TPSA) is 61.9 Å². The summed E-state index contributed by atoms with van der Waals surface area (Å²) in [5, 5.41) is 5.00. The molecule has 0 spiro atoms. The summed E-state index contributed by atoms with van der Waals surface area (Å²) < 4.78 is 6.04. The van der Waals surface area contributed by atoms with E-state index in [0.29, 0.717) is 19.7 Å². The van der Waals surface area contributed by atoms with Crippen molar-refractivity contribution in [1.82, 2.24) is 15.1 Å². The Morgan fingerprint density at radius 2 is 1.94 bits per heavy atom. The molecule has 2 aromatic rings. The Labute approximate surface area is 189 Å². The highest BCUT2D eigenvalue weighted by Crippen LogP contribution is 2.34. The second-order valence-electron chi connectivity index (χ2n) is 8.65. The zero-order valence-corrected chi connectivity index (χ0v) is 19.7. The van der Waals surface area contributed by atoms with Crippen LogP contribution >= 0.6 is 11.3 Å². The lowest BCUT2D eigenvalue weighted by atomic mass is 10.0. The predicted octanol–water partition coefficient (Wildman–Crippen LogP) is 4.33. The zero-order chi connectivity index (χ0) is 22.4. The molecule has 7 heteroatoms. The molecule has 0 aliphatic carbocycles. The molecule has 1 aromatic heterocycles. The van der Waals surface area contributed by atoms with Crippen LogP contribution in [0.2, 0.25) is 0 Å². The van der Waals surface area contributed by atoms with E-state index in [1.807, 2.05) is 49.1 Å². The molecule has 1 atom stereocenters. The number of hydrogen-bond acceptors (Lipinski definition) is 4. The molecule has 1 N–H and O–H groups in total. The number of urea groups is 1. The van der Waals surface area contributed by atoms with Crippen molar-refractivity contribution < 1.29 is 14.3 Å². The van der Waals surface area contributed by atoms with Crippen LogP contribution in [0.1, 0.15) is 44.2 Å². The monoisotopic (exact) mass is 443 g/mol. The van der Waals surface area contributed by atoms with Gasteiger partial charge in [0.05, 0.1) is 6.04 Å². The molecule has 0 saturated heterocycles. The number of ether oxygens (including phenoxy) is 1. The molecule has 2 heterocycles. The van der Waals surface area contributed by atoms with Gasteiger partial charge in [0.2, 0.25) is 5.91 Å². The third-order valence-corrected chi connectivity index (χ3v) is 6.17. The highest BCUT2D eigenvalue weighted by molar-refractivity contribution is 7.10. The van der Waals surface area contributed by atoms with Crippen molar-refractivity contribution in [3.8, 4) is 5.75 Å². The molecule has 1 aliphatic heterocycles. The Bertz CT molecular complexity index is 866. The number of benzene rings is 1. The molecular weight excluding hydrogens is 410 g/mol. The van der Waals surface area contributed by atoms with Gasteiger partial charge in [-0.2, -0.15) is 0 Å². The van der Waals surface area contributed by atoms with Crippen LogP contribution < -0.4 is 10.1 Å². The van der Waals surface area contributed by atoms with Crippen LogP contribution in [0.5, 0.6) is 5.75 Å². The zero-order valence-electron chi connectivity index (χ0n) is 18.8. The van der Waals surface area contributed by atoms with E-state index in [-0.39, 0.29) is 36.5 Å². The van der Waals surface area contributed by atoms with Crippen LogP contribution in [0.4, 0.5) is 4.79 Å². The van der Waals surface area contributed by atoms with Gasteiger partial charge in [-0.25, -0.2) is 4.79 Å². The molecule has 168 valence electrons. The molecule has 0 bridgehead atoms. The smallest absolute Gasteiger partial charge is 0.318 e. The minimum Gasteiger partial charge on any atom is -0.491 e. The first-order valence-corrected chi connectivity index (χ1v) is 11.8. The van der Waals surface area contributed by atoms with Gasteiger partial charge in [0.15, 0.2) is 0 Å². The van der Waals surface area contributed by atoms with Crippen molar-refractivity contribution >= 4 is 23.3 Å². The fourth-order valence-corrected chi connectivity index (χ4v) is 4.75. The second-order valence-corrected chi connectivity index (χ2v) is 9.66. The standard InChI is InChI=1S/C24H33N3O3S/c1-17(2)14-26(24(29)25-18(3)4)15-23(28)27-12-10-22-20(11-13-31-22)21(27)16-30-19-8-6-5-7-9-19/h5-9,11,13,17-18,21H,10,12,14-16H2,1-4H3,(H,25,29)/t21-/m0/s1. The van der Waals surface area contributed by atoms with Gasteiger partial charge >= 0.3 is 6.03 Å². The van der Waals surface area contributed by atoms with Crippen molar-refractivity contribution in [3.05, 3.63) is 52.2 Å². The molecule has 0 saturated carbocycles. The van der Waals surface area contributed by atoms with Crippen LogP contribution in [0.25, 0.3) is 0 Å². The minimum absolute atomic E-state index is 0.0210. The summed E-state index contributed by atoms with van der Waals surface area (Å²) in [6, 6.07) is 11.4. The number of carbonyl (C=O) groups is 2. The van der Waals surface area contributed by atoms with Crippen LogP contribution in [0.15, 0.2) is 41.8 Å².